The largest absolute Gasteiger partial charge is 0.413 e. The molecule has 1 aromatic heterocycles. The Hall–Kier alpha value is -0.0800. The van der Waals surface area contributed by atoms with Gasteiger partial charge in [-0.3, -0.25) is 0 Å². The van der Waals surface area contributed by atoms with Crippen LogP contribution in [0.2, 0.25) is 0 Å². The molecule has 1 heterocycles. The summed E-state index contributed by atoms with van der Waals surface area (Å²) in [6, 6.07) is 0.575. The molecule has 1 atom stereocenters. The van der Waals surface area contributed by atoms with Gasteiger partial charge in [-0.25, -0.2) is 0 Å². The third-order valence-corrected chi connectivity index (χ3v) is 3.97. The highest BCUT2D eigenvalue weighted by Crippen LogP contribution is 2.36. The van der Waals surface area contributed by atoms with Crippen molar-refractivity contribution in [1.29, 1.82) is 0 Å². The maximum atomic E-state index is 12.2. The molecule has 1 unspecified atom stereocenters. The summed E-state index contributed by atoms with van der Waals surface area (Å²) in [4.78, 5) is 0.507. The van der Waals surface area contributed by atoms with Gasteiger partial charge in [0.05, 0.1) is 6.04 Å². The summed E-state index contributed by atoms with van der Waals surface area (Å²) in [5.41, 5.74) is 4.55. The molecule has 2 N–H and O–H groups in total. The fourth-order valence-electron chi connectivity index (χ4n) is 0.862. The molecule has 0 spiro atoms. The Morgan fingerprint density at radius 3 is 2.50 bits per heavy atom. The standard InChI is InChI=1S/C8H7F3INS/c1-4(8(9,10)11)6(13)7-5(12)2-3-14-7/h2-3,6H,1,13H2. The van der Waals surface area contributed by atoms with Gasteiger partial charge in [-0.2, -0.15) is 13.2 Å². The third-order valence-electron chi connectivity index (χ3n) is 1.67. The lowest BCUT2D eigenvalue weighted by atomic mass is 10.1. The highest BCUT2D eigenvalue weighted by atomic mass is 127. The topological polar surface area (TPSA) is 26.0 Å². The van der Waals surface area contributed by atoms with Gasteiger partial charge in [0.1, 0.15) is 0 Å². The van der Waals surface area contributed by atoms with E-state index in [0.29, 0.717) is 4.88 Å². The number of hydrogen-bond donors (Lipinski definition) is 1. The molecule has 1 nitrogen and oxygen atoms in total. The first-order valence-electron chi connectivity index (χ1n) is 3.58. The molecule has 0 aliphatic rings. The lowest BCUT2D eigenvalue weighted by Gasteiger charge is -2.16. The summed E-state index contributed by atoms with van der Waals surface area (Å²) in [6.45, 7) is 2.98. The van der Waals surface area contributed by atoms with E-state index in [0.717, 1.165) is 3.57 Å². The predicted molar refractivity (Wildman–Crippen MR) is 59.2 cm³/mol. The van der Waals surface area contributed by atoms with Crippen molar-refractivity contribution < 1.29 is 13.2 Å². The van der Waals surface area contributed by atoms with Gasteiger partial charge in [-0.1, -0.05) is 6.58 Å². The first kappa shape index (κ1) is 12.0. The molecule has 0 amide bonds. The van der Waals surface area contributed by atoms with Gasteiger partial charge >= 0.3 is 6.18 Å². The maximum absolute atomic E-state index is 12.2. The van der Waals surface area contributed by atoms with Crippen LogP contribution < -0.4 is 5.73 Å². The second-order valence-corrected chi connectivity index (χ2v) is 4.74. The van der Waals surface area contributed by atoms with E-state index in [1.165, 1.54) is 11.3 Å². The molecule has 0 saturated carbocycles. The minimum absolute atomic E-state index is 0.507. The Labute approximate surface area is 96.9 Å². The van der Waals surface area contributed by atoms with Crippen LogP contribution in [0.25, 0.3) is 0 Å². The Morgan fingerprint density at radius 2 is 2.14 bits per heavy atom. The zero-order chi connectivity index (χ0) is 10.9. The summed E-state index contributed by atoms with van der Waals surface area (Å²) >= 11 is 3.16. The smallest absolute Gasteiger partial charge is 0.320 e. The lowest BCUT2D eigenvalue weighted by Crippen LogP contribution is -2.23. The van der Waals surface area contributed by atoms with E-state index in [4.69, 9.17) is 5.73 Å². The molecule has 0 aromatic carbocycles. The molecule has 78 valence electrons. The molecular weight excluding hydrogens is 326 g/mol. The van der Waals surface area contributed by atoms with Crippen LogP contribution >= 0.6 is 33.9 Å². The zero-order valence-electron chi connectivity index (χ0n) is 6.94. The van der Waals surface area contributed by atoms with E-state index in [2.05, 4.69) is 6.58 Å². The second kappa shape index (κ2) is 4.19. The van der Waals surface area contributed by atoms with Gasteiger partial charge in [0.2, 0.25) is 0 Å². The van der Waals surface area contributed by atoms with Crippen molar-refractivity contribution in [3.8, 4) is 0 Å². The minimum atomic E-state index is -4.42. The SMILES string of the molecule is C=C(C(N)c1sccc1I)C(F)(F)F. The Bertz CT molecular complexity index is 345. The first-order chi connectivity index (χ1) is 6.34. The minimum Gasteiger partial charge on any atom is -0.320 e. The van der Waals surface area contributed by atoms with Gasteiger partial charge in [-0.05, 0) is 34.0 Å². The normalized spacial score (nSPS) is 14.1. The fourth-order valence-corrected chi connectivity index (χ4v) is 2.82. The molecule has 6 heteroatoms. The average molecular weight is 333 g/mol. The van der Waals surface area contributed by atoms with Crippen LogP contribution in [0.3, 0.4) is 0 Å². The molecule has 0 aliphatic carbocycles. The van der Waals surface area contributed by atoms with Gasteiger partial charge in [-0.15, -0.1) is 11.3 Å². The van der Waals surface area contributed by atoms with E-state index in [1.807, 2.05) is 22.6 Å². The zero-order valence-corrected chi connectivity index (χ0v) is 9.91. The number of nitrogens with two attached hydrogens (primary N) is 1. The fraction of sp³-hybridized carbons (Fsp3) is 0.250. The van der Waals surface area contributed by atoms with Crippen LogP contribution in [0.1, 0.15) is 10.9 Å². The summed E-state index contributed by atoms with van der Waals surface area (Å²) < 4.78 is 37.5. The van der Waals surface area contributed by atoms with Crippen LogP contribution in [-0.2, 0) is 0 Å². The van der Waals surface area contributed by atoms with Crippen LogP contribution in [0.5, 0.6) is 0 Å². The van der Waals surface area contributed by atoms with Crippen LogP contribution in [0.4, 0.5) is 13.2 Å². The van der Waals surface area contributed by atoms with Crippen molar-refractivity contribution in [1.82, 2.24) is 0 Å². The van der Waals surface area contributed by atoms with Crippen LogP contribution in [0, 0.1) is 3.57 Å². The third kappa shape index (κ3) is 2.48. The van der Waals surface area contributed by atoms with Crippen LogP contribution in [-0.4, -0.2) is 6.18 Å². The van der Waals surface area contributed by atoms with Gasteiger partial charge in [0.25, 0.3) is 0 Å². The molecule has 0 radical (unpaired) electrons. The monoisotopic (exact) mass is 333 g/mol. The highest BCUT2D eigenvalue weighted by molar-refractivity contribution is 14.1. The van der Waals surface area contributed by atoms with Crippen molar-refractivity contribution in [3.05, 3.63) is 32.0 Å². The number of thiophene rings is 1. The van der Waals surface area contributed by atoms with Crippen molar-refractivity contribution in [2.45, 2.75) is 12.2 Å². The van der Waals surface area contributed by atoms with E-state index >= 15 is 0 Å². The lowest BCUT2D eigenvalue weighted by molar-refractivity contribution is -0.0952. The van der Waals surface area contributed by atoms with E-state index in [1.54, 1.807) is 11.4 Å². The number of halogens is 4. The Kier molecular flexibility index (Phi) is 3.59. The molecule has 0 aliphatic heterocycles. The van der Waals surface area contributed by atoms with E-state index in [9.17, 15) is 13.2 Å². The molecule has 1 rings (SSSR count). The van der Waals surface area contributed by atoms with Gasteiger partial charge < -0.3 is 5.73 Å². The van der Waals surface area contributed by atoms with Gasteiger partial charge in [0.15, 0.2) is 0 Å². The quantitative estimate of drug-likeness (QED) is 0.651. The van der Waals surface area contributed by atoms with Crippen molar-refractivity contribution in [2.24, 2.45) is 5.73 Å². The maximum Gasteiger partial charge on any atom is 0.413 e. The highest BCUT2D eigenvalue weighted by Gasteiger charge is 2.36. The molecule has 0 fully saturated rings. The summed E-state index contributed by atoms with van der Waals surface area (Å²) in [6.07, 6.45) is -4.42. The van der Waals surface area contributed by atoms with Crippen molar-refractivity contribution in [3.63, 3.8) is 0 Å². The predicted octanol–water partition coefficient (Wildman–Crippen LogP) is 3.47. The van der Waals surface area contributed by atoms with E-state index < -0.39 is 17.8 Å². The molecular formula is C8H7F3INS. The van der Waals surface area contributed by atoms with Gasteiger partial charge in [0, 0.05) is 14.0 Å². The summed E-state index contributed by atoms with van der Waals surface area (Å²) in [7, 11) is 0. The Morgan fingerprint density at radius 1 is 1.57 bits per heavy atom. The number of alkyl halides is 3. The molecule has 0 bridgehead atoms. The molecule has 1 aromatic rings. The number of rotatable bonds is 2. The Balaban J connectivity index is 2.92. The van der Waals surface area contributed by atoms with Crippen LogP contribution in [0.15, 0.2) is 23.6 Å². The average Bonchev–Trinajstić information content (AvgIpc) is 2.47. The van der Waals surface area contributed by atoms with E-state index in [-0.39, 0.29) is 0 Å². The molecule has 0 saturated heterocycles. The van der Waals surface area contributed by atoms with Crippen molar-refractivity contribution in [2.75, 3.05) is 0 Å². The number of hydrogen-bond acceptors (Lipinski definition) is 2. The second-order valence-electron chi connectivity index (χ2n) is 2.63. The molecule has 14 heavy (non-hydrogen) atoms. The van der Waals surface area contributed by atoms with Crippen molar-refractivity contribution >= 4 is 33.9 Å². The summed E-state index contributed by atoms with van der Waals surface area (Å²) in [5, 5.41) is 1.71. The summed E-state index contributed by atoms with van der Waals surface area (Å²) in [5.74, 6) is 0. The first-order valence-corrected chi connectivity index (χ1v) is 5.54.